The predicted molar refractivity (Wildman–Crippen MR) is 65.0 cm³/mol. The third-order valence-corrected chi connectivity index (χ3v) is 2.47. The summed E-state index contributed by atoms with van der Waals surface area (Å²) in [6.45, 7) is 2.13. The molecule has 1 aromatic carbocycles. The number of aliphatic carboxylic acids is 1. The van der Waals surface area contributed by atoms with E-state index in [1.165, 1.54) is 12.1 Å². The number of carboxylic acids is 1. The van der Waals surface area contributed by atoms with E-state index in [0.29, 0.717) is 19.4 Å². The largest absolute Gasteiger partial charge is 0.481 e. The molecule has 0 saturated carbocycles. The van der Waals surface area contributed by atoms with Crippen LogP contribution in [0.2, 0.25) is 0 Å². The topological polar surface area (TPSA) is 66.4 Å². The monoisotopic (exact) mass is 253 g/mol. The molecule has 0 radical (unpaired) electrons. The molecule has 4 nitrogen and oxygen atoms in total. The van der Waals surface area contributed by atoms with Crippen molar-refractivity contribution in [2.75, 3.05) is 6.54 Å². The number of nitrogens with one attached hydrogen (secondary N) is 1. The van der Waals surface area contributed by atoms with Crippen molar-refractivity contribution in [3.63, 3.8) is 0 Å². The first-order valence-electron chi connectivity index (χ1n) is 5.77. The molecule has 0 spiro atoms. The molecule has 2 N–H and O–H groups in total. The highest BCUT2D eigenvalue weighted by molar-refractivity contribution is 5.94. The molecule has 5 heteroatoms. The first kappa shape index (κ1) is 14.2. The maximum Gasteiger partial charge on any atom is 0.303 e. The van der Waals surface area contributed by atoms with Gasteiger partial charge in [0.1, 0.15) is 5.82 Å². The molecule has 0 aliphatic rings. The van der Waals surface area contributed by atoms with Crippen LogP contribution in [-0.4, -0.2) is 23.5 Å². The molecule has 0 aliphatic carbocycles. The van der Waals surface area contributed by atoms with Crippen molar-refractivity contribution in [2.45, 2.75) is 26.2 Å². The molecule has 0 heterocycles. The van der Waals surface area contributed by atoms with Gasteiger partial charge >= 0.3 is 5.97 Å². The number of halogens is 1. The van der Waals surface area contributed by atoms with Crippen molar-refractivity contribution >= 4 is 11.9 Å². The van der Waals surface area contributed by atoms with Crippen LogP contribution in [0, 0.1) is 12.7 Å². The minimum atomic E-state index is -0.856. The van der Waals surface area contributed by atoms with Crippen LogP contribution in [0.15, 0.2) is 18.2 Å². The van der Waals surface area contributed by atoms with Crippen LogP contribution in [0.25, 0.3) is 0 Å². The fraction of sp³-hybridized carbons (Fsp3) is 0.385. The summed E-state index contributed by atoms with van der Waals surface area (Å²) in [5.41, 5.74) is 0.834. The molecule has 18 heavy (non-hydrogen) atoms. The number of carbonyl (C=O) groups is 2. The van der Waals surface area contributed by atoms with Crippen molar-refractivity contribution in [3.8, 4) is 0 Å². The molecule has 0 fully saturated rings. The normalized spacial score (nSPS) is 10.1. The molecule has 0 atom stereocenters. The standard InChI is InChI=1S/C13H16FNO3/c1-9-5-6-11(14)10(8-9)13(18)15-7-3-2-4-12(16)17/h5-6,8H,2-4,7H2,1H3,(H,15,18)(H,16,17). The van der Waals surface area contributed by atoms with Gasteiger partial charge in [-0.3, -0.25) is 9.59 Å². The lowest BCUT2D eigenvalue weighted by Crippen LogP contribution is -2.25. The summed E-state index contributed by atoms with van der Waals surface area (Å²) >= 11 is 0. The van der Waals surface area contributed by atoms with Gasteiger partial charge in [0.25, 0.3) is 5.91 Å². The van der Waals surface area contributed by atoms with Crippen LogP contribution in [0.1, 0.15) is 35.2 Å². The van der Waals surface area contributed by atoms with Gasteiger partial charge in [-0.25, -0.2) is 4.39 Å². The second-order valence-electron chi connectivity index (χ2n) is 4.09. The van der Waals surface area contributed by atoms with E-state index >= 15 is 0 Å². The first-order valence-corrected chi connectivity index (χ1v) is 5.77. The molecule has 1 amide bonds. The minimum Gasteiger partial charge on any atom is -0.481 e. The number of hydrogen-bond donors (Lipinski definition) is 2. The van der Waals surface area contributed by atoms with Gasteiger partial charge in [0, 0.05) is 13.0 Å². The van der Waals surface area contributed by atoms with E-state index in [1.807, 2.05) is 0 Å². The zero-order valence-corrected chi connectivity index (χ0v) is 10.2. The van der Waals surface area contributed by atoms with Crippen molar-refractivity contribution in [1.82, 2.24) is 5.32 Å². The van der Waals surface area contributed by atoms with E-state index in [0.717, 1.165) is 5.56 Å². The third-order valence-electron chi connectivity index (χ3n) is 2.47. The van der Waals surface area contributed by atoms with Crippen molar-refractivity contribution < 1.29 is 19.1 Å². The molecule has 0 unspecified atom stereocenters. The number of rotatable bonds is 6. The number of hydrogen-bond acceptors (Lipinski definition) is 2. The van der Waals surface area contributed by atoms with Crippen molar-refractivity contribution in [1.29, 1.82) is 0 Å². The quantitative estimate of drug-likeness (QED) is 0.763. The summed E-state index contributed by atoms with van der Waals surface area (Å²) < 4.78 is 13.4. The summed E-state index contributed by atoms with van der Waals surface area (Å²) in [4.78, 5) is 21.9. The summed E-state index contributed by atoms with van der Waals surface area (Å²) in [6.07, 6.45) is 1.13. The van der Waals surface area contributed by atoms with Crippen molar-refractivity contribution in [2.24, 2.45) is 0 Å². The Morgan fingerprint density at radius 3 is 2.72 bits per heavy atom. The van der Waals surface area contributed by atoms with Crippen molar-refractivity contribution in [3.05, 3.63) is 35.1 Å². The van der Waals surface area contributed by atoms with Gasteiger partial charge in [0.15, 0.2) is 0 Å². The summed E-state index contributed by atoms with van der Waals surface area (Å²) in [5, 5.41) is 11.0. The number of carboxylic acid groups (broad SMARTS) is 1. The molecular formula is C13H16FNO3. The number of benzene rings is 1. The average Bonchev–Trinajstić information content (AvgIpc) is 2.31. The number of amides is 1. The minimum absolute atomic E-state index is 0.0215. The summed E-state index contributed by atoms with van der Waals surface area (Å²) in [6, 6.07) is 4.34. The van der Waals surface area contributed by atoms with Gasteiger partial charge in [-0.05, 0) is 31.9 Å². The fourth-order valence-corrected chi connectivity index (χ4v) is 1.51. The van der Waals surface area contributed by atoms with Gasteiger partial charge in [0.2, 0.25) is 0 Å². The Hall–Kier alpha value is -1.91. The van der Waals surface area contributed by atoms with E-state index in [9.17, 15) is 14.0 Å². The van der Waals surface area contributed by atoms with Crippen LogP contribution in [-0.2, 0) is 4.79 Å². The zero-order chi connectivity index (χ0) is 13.5. The van der Waals surface area contributed by atoms with Gasteiger partial charge in [-0.1, -0.05) is 11.6 Å². The third kappa shape index (κ3) is 4.53. The Bertz CT molecular complexity index is 446. The Kier molecular flexibility index (Phi) is 5.30. The predicted octanol–water partition coefficient (Wildman–Crippen LogP) is 2.12. The van der Waals surface area contributed by atoms with E-state index in [4.69, 9.17) is 5.11 Å². The molecule has 1 rings (SSSR count). The lowest BCUT2D eigenvalue weighted by Gasteiger charge is -2.06. The molecule has 0 aliphatic heterocycles. The average molecular weight is 253 g/mol. The van der Waals surface area contributed by atoms with E-state index in [2.05, 4.69) is 5.32 Å². The van der Waals surface area contributed by atoms with Gasteiger partial charge in [0.05, 0.1) is 5.56 Å². The fourth-order valence-electron chi connectivity index (χ4n) is 1.51. The number of carbonyl (C=O) groups excluding carboxylic acids is 1. The Labute approximate surface area is 105 Å². The van der Waals surface area contributed by atoms with E-state index < -0.39 is 17.7 Å². The highest BCUT2D eigenvalue weighted by Crippen LogP contribution is 2.09. The van der Waals surface area contributed by atoms with Gasteiger partial charge in [-0.15, -0.1) is 0 Å². The maximum absolute atomic E-state index is 13.4. The number of unbranched alkanes of at least 4 members (excludes halogenated alkanes) is 1. The summed E-state index contributed by atoms with van der Waals surface area (Å²) in [5.74, 6) is -1.87. The zero-order valence-electron chi connectivity index (χ0n) is 10.2. The second kappa shape index (κ2) is 6.74. The summed E-state index contributed by atoms with van der Waals surface area (Å²) in [7, 11) is 0. The van der Waals surface area contributed by atoms with E-state index in [1.54, 1.807) is 13.0 Å². The highest BCUT2D eigenvalue weighted by atomic mass is 19.1. The molecule has 98 valence electrons. The smallest absolute Gasteiger partial charge is 0.303 e. The van der Waals surface area contributed by atoms with E-state index in [-0.39, 0.29) is 12.0 Å². The van der Waals surface area contributed by atoms with Crippen LogP contribution in [0.3, 0.4) is 0 Å². The maximum atomic E-state index is 13.4. The van der Waals surface area contributed by atoms with Crippen LogP contribution < -0.4 is 5.32 Å². The van der Waals surface area contributed by atoms with Crippen LogP contribution in [0.4, 0.5) is 4.39 Å². The molecule has 0 bridgehead atoms. The van der Waals surface area contributed by atoms with Crippen LogP contribution in [0.5, 0.6) is 0 Å². The molecule has 0 aromatic heterocycles. The van der Waals surface area contributed by atoms with Gasteiger partial charge < -0.3 is 10.4 Å². The highest BCUT2D eigenvalue weighted by Gasteiger charge is 2.10. The molecular weight excluding hydrogens is 237 g/mol. The van der Waals surface area contributed by atoms with Crippen LogP contribution >= 0.6 is 0 Å². The first-order chi connectivity index (χ1) is 8.50. The second-order valence-corrected chi connectivity index (χ2v) is 4.09. The lowest BCUT2D eigenvalue weighted by molar-refractivity contribution is -0.137. The molecule has 0 saturated heterocycles. The Morgan fingerprint density at radius 1 is 1.33 bits per heavy atom. The SMILES string of the molecule is Cc1ccc(F)c(C(=O)NCCCCC(=O)O)c1. The Morgan fingerprint density at radius 2 is 2.06 bits per heavy atom. The Balaban J connectivity index is 2.41. The lowest BCUT2D eigenvalue weighted by atomic mass is 10.1. The van der Waals surface area contributed by atoms with Gasteiger partial charge in [-0.2, -0.15) is 0 Å². The number of aryl methyl sites for hydroxylation is 1. The molecule has 1 aromatic rings.